The van der Waals surface area contributed by atoms with Gasteiger partial charge in [-0.25, -0.2) is 4.79 Å². The molecule has 3 N–H and O–H groups in total. The predicted octanol–water partition coefficient (Wildman–Crippen LogP) is 2.50. The molecule has 7 heteroatoms. The van der Waals surface area contributed by atoms with Crippen molar-refractivity contribution in [3.63, 3.8) is 0 Å². The van der Waals surface area contributed by atoms with Crippen LogP contribution in [0.5, 0.6) is 5.75 Å². The quantitative estimate of drug-likeness (QED) is 0.568. The lowest BCUT2D eigenvalue weighted by Gasteiger charge is -2.06. The van der Waals surface area contributed by atoms with Crippen molar-refractivity contribution in [3.05, 3.63) is 33.2 Å². The van der Waals surface area contributed by atoms with Gasteiger partial charge in [0.05, 0.1) is 8.95 Å². The number of phenolic OH excluding ortho intramolecular Hbond substituents is 1. The molecule has 17 heavy (non-hydrogen) atoms. The summed E-state index contributed by atoms with van der Waals surface area (Å²) in [6.45, 7) is 0. The zero-order valence-corrected chi connectivity index (χ0v) is 11.4. The third-order valence-electron chi connectivity index (χ3n) is 1.66. The van der Waals surface area contributed by atoms with Crippen molar-refractivity contribution in [3.8, 4) is 5.75 Å². The van der Waals surface area contributed by atoms with Crippen LogP contribution < -0.4 is 5.32 Å². The zero-order valence-electron chi connectivity index (χ0n) is 8.28. The molecule has 1 aromatic carbocycles. The molecule has 5 nitrogen and oxygen atoms in total. The molecule has 90 valence electrons. The molecule has 1 rings (SSSR count). The lowest BCUT2D eigenvalue weighted by atomic mass is 10.3. The topological polar surface area (TPSA) is 86.6 Å². The van der Waals surface area contributed by atoms with Gasteiger partial charge in [-0.3, -0.25) is 4.79 Å². The highest BCUT2D eigenvalue weighted by molar-refractivity contribution is 9.11. The maximum Gasteiger partial charge on any atom is 0.328 e. The summed E-state index contributed by atoms with van der Waals surface area (Å²) in [6, 6.07) is 2.99. The lowest BCUT2D eigenvalue weighted by Crippen LogP contribution is -2.08. The van der Waals surface area contributed by atoms with Gasteiger partial charge in [0.25, 0.3) is 0 Å². The normalized spacial score (nSPS) is 10.5. The SMILES string of the molecule is O=C(O)C=CC(=O)Nc1cc(Br)c(O)c(Br)c1. The standard InChI is InChI=1S/C10H7Br2NO4/c11-6-3-5(4-7(12)10(6)17)13-8(14)1-2-9(15)16/h1-4,17H,(H,13,14)(H,15,16). The minimum Gasteiger partial charge on any atom is -0.506 e. The van der Waals surface area contributed by atoms with E-state index < -0.39 is 11.9 Å². The predicted molar refractivity (Wildman–Crippen MR) is 68.9 cm³/mol. The van der Waals surface area contributed by atoms with Gasteiger partial charge in [-0.2, -0.15) is 0 Å². The molecule has 0 bridgehead atoms. The fraction of sp³-hybridized carbons (Fsp3) is 0. The summed E-state index contributed by atoms with van der Waals surface area (Å²) in [4.78, 5) is 21.5. The first-order valence-corrected chi connectivity index (χ1v) is 5.88. The largest absolute Gasteiger partial charge is 0.506 e. The van der Waals surface area contributed by atoms with Crippen LogP contribution in [0.3, 0.4) is 0 Å². The van der Waals surface area contributed by atoms with Crippen LogP contribution in [0.25, 0.3) is 0 Å². The van der Waals surface area contributed by atoms with E-state index in [1.807, 2.05) is 0 Å². The average Bonchev–Trinajstić information content (AvgIpc) is 2.23. The van der Waals surface area contributed by atoms with Crippen LogP contribution >= 0.6 is 31.9 Å². The second-order valence-corrected chi connectivity index (χ2v) is 4.66. The number of aliphatic carboxylic acids is 1. The van der Waals surface area contributed by atoms with Gasteiger partial charge in [0.15, 0.2) is 0 Å². The van der Waals surface area contributed by atoms with E-state index in [1.54, 1.807) is 0 Å². The van der Waals surface area contributed by atoms with Crippen LogP contribution in [-0.4, -0.2) is 22.1 Å². The highest BCUT2D eigenvalue weighted by atomic mass is 79.9. The summed E-state index contributed by atoms with van der Waals surface area (Å²) in [5.41, 5.74) is 0.418. The Bertz CT molecular complexity index is 476. The summed E-state index contributed by atoms with van der Waals surface area (Å²) < 4.78 is 0.814. The first-order valence-electron chi connectivity index (χ1n) is 4.30. The van der Waals surface area contributed by atoms with Crippen LogP contribution in [0, 0.1) is 0 Å². The number of benzene rings is 1. The molecule has 0 radical (unpaired) electrons. The smallest absolute Gasteiger partial charge is 0.328 e. The number of carbonyl (C=O) groups is 2. The van der Waals surface area contributed by atoms with Crippen LogP contribution in [-0.2, 0) is 9.59 Å². The molecular formula is C10H7Br2NO4. The van der Waals surface area contributed by atoms with E-state index in [1.165, 1.54) is 12.1 Å². The number of hydrogen-bond acceptors (Lipinski definition) is 3. The fourth-order valence-corrected chi connectivity index (χ4v) is 2.16. The molecule has 0 aliphatic rings. The third kappa shape index (κ3) is 4.20. The van der Waals surface area contributed by atoms with Crippen LogP contribution in [0.1, 0.15) is 0 Å². The van der Waals surface area contributed by atoms with Crippen molar-refractivity contribution < 1.29 is 19.8 Å². The first-order chi connectivity index (χ1) is 7.90. The maximum atomic E-state index is 11.3. The monoisotopic (exact) mass is 363 g/mol. The van der Waals surface area contributed by atoms with E-state index in [2.05, 4.69) is 37.2 Å². The summed E-state index contributed by atoms with van der Waals surface area (Å²) in [5, 5.41) is 20.2. The number of carbonyl (C=O) groups excluding carboxylic acids is 1. The van der Waals surface area contributed by atoms with E-state index in [4.69, 9.17) is 5.11 Å². The number of anilines is 1. The Morgan fingerprint density at radius 3 is 2.18 bits per heavy atom. The van der Waals surface area contributed by atoms with Gasteiger partial charge in [0.1, 0.15) is 5.75 Å². The van der Waals surface area contributed by atoms with E-state index in [0.717, 1.165) is 12.2 Å². The number of halogens is 2. The van der Waals surface area contributed by atoms with E-state index in [0.29, 0.717) is 14.6 Å². The number of amides is 1. The van der Waals surface area contributed by atoms with Crippen molar-refractivity contribution in [2.24, 2.45) is 0 Å². The molecule has 0 aromatic heterocycles. The minimum atomic E-state index is -1.20. The van der Waals surface area contributed by atoms with Crippen LogP contribution in [0.15, 0.2) is 33.2 Å². The third-order valence-corrected chi connectivity index (χ3v) is 2.87. The number of hydrogen-bond donors (Lipinski definition) is 3. The van der Waals surface area contributed by atoms with Crippen molar-refractivity contribution in [1.82, 2.24) is 0 Å². The molecule has 0 unspecified atom stereocenters. The Balaban J connectivity index is 2.82. The first kappa shape index (κ1) is 13.7. The number of aromatic hydroxyl groups is 1. The number of carboxylic acids is 1. The van der Waals surface area contributed by atoms with Crippen molar-refractivity contribution in [2.75, 3.05) is 5.32 Å². The molecule has 1 amide bonds. The van der Waals surface area contributed by atoms with Crippen molar-refractivity contribution in [2.45, 2.75) is 0 Å². The highest BCUT2D eigenvalue weighted by Crippen LogP contribution is 2.35. The Kier molecular flexibility index (Phi) is 4.71. The Morgan fingerprint density at radius 1 is 1.18 bits per heavy atom. The van der Waals surface area contributed by atoms with Gasteiger partial charge in [0.2, 0.25) is 5.91 Å². The van der Waals surface area contributed by atoms with Gasteiger partial charge in [0, 0.05) is 17.8 Å². The minimum absolute atomic E-state index is 0.0177. The summed E-state index contributed by atoms with van der Waals surface area (Å²) in [7, 11) is 0. The molecule has 0 spiro atoms. The van der Waals surface area contributed by atoms with Crippen LogP contribution in [0.2, 0.25) is 0 Å². The molecule has 0 atom stereocenters. The second kappa shape index (κ2) is 5.83. The zero-order chi connectivity index (χ0) is 13.0. The van der Waals surface area contributed by atoms with E-state index in [-0.39, 0.29) is 5.75 Å². The molecule has 0 saturated heterocycles. The van der Waals surface area contributed by atoms with Gasteiger partial charge in [-0.15, -0.1) is 0 Å². The average molecular weight is 365 g/mol. The Morgan fingerprint density at radius 2 is 1.71 bits per heavy atom. The summed E-state index contributed by atoms with van der Waals surface area (Å²) >= 11 is 6.21. The van der Waals surface area contributed by atoms with E-state index in [9.17, 15) is 14.7 Å². The number of carboxylic acid groups (broad SMARTS) is 1. The molecule has 0 saturated carbocycles. The van der Waals surface area contributed by atoms with Gasteiger partial charge in [-0.1, -0.05) is 0 Å². The number of nitrogens with one attached hydrogen (secondary N) is 1. The fourth-order valence-electron chi connectivity index (χ4n) is 0.969. The molecule has 0 fully saturated rings. The van der Waals surface area contributed by atoms with E-state index >= 15 is 0 Å². The van der Waals surface area contributed by atoms with Gasteiger partial charge < -0.3 is 15.5 Å². The van der Waals surface area contributed by atoms with Gasteiger partial charge in [-0.05, 0) is 44.0 Å². The van der Waals surface area contributed by atoms with Crippen molar-refractivity contribution in [1.29, 1.82) is 0 Å². The second-order valence-electron chi connectivity index (χ2n) is 2.95. The molecular weight excluding hydrogens is 358 g/mol. The highest BCUT2D eigenvalue weighted by Gasteiger charge is 2.07. The Hall–Kier alpha value is -1.34. The molecule has 0 aliphatic carbocycles. The number of phenols is 1. The Labute approximate surface area is 113 Å². The summed E-state index contributed by atoms with van der Waals surface area (Å²) in [5.74, 6) is -1.76. The molecule has 0 heterocycles. The summed E-state index contributed by atoms with van der Waals surface area (Å²) in [6.07, 6.45) is 1.64. The maximum absolute atomic E-state index is 11.3. The molecule has 1 aromatic rings. The van der Waals surface area contributed by atoms with Crippen LogP contribution in [0.4, 0.5) is 5.69 Å². The van der Waals surface area contributed by atoms with Crippen molar-refractivity contribution >= 4 is 49.4 Å². The van der Waals surface area contributed by atoms with Gasteiger partial charge >= 0.3 is 5.97 Å². The number of rotatable bonds is 3. The lowest BCUT2D eigenvalue weighted by molar-refractivity contribution is -0.131. The molecule has 0 aliphatic heterocycles.